The molecule has 0 saturated carbocycles. The first-order valence-corrected chi connectivity index (χ1v) is 9.98. The number of carbonyl (C=O) groups is 1. The molecule has 0 radical (unpaired) electrons. The number of hydrogen-bond acceptors (Lipinski definition) is 3. The SMILES string of the molecule is CC1CC(C)CN(S(=O)(=O)c2ccc3c(c2)C(C)(C)CC(=O)N3)C1. The van der Waals surface area contributed by atoms with Gasteiger partial charge < -0.3 is 5.32 Å². The smallest absolute Gasteiger partial charge is 0.243 e. The normalized spacial score (nSPS) is 27.4. The molecule has 6 heteroatoms. The number of benzene rings is 1. The Balaban J connectivity index is 1.99. The maximum absolute atomic E-state index is 13.1. The van der Waals surface area contributed by atoms with Gasteiger partial charge in [0.15, 0.2) is 0 Å². The maximum Gasteiger partial charge on any atom is 0.243 e. The number of piperidine rings is 1. The fourth-order valence-electron chi connectivity index (χ4n) is 3.99. The highest BCUT2D eigenvalue weighted by Gasteiger charge is 2.35. The summed E-state index contributed by atoms with van der Waals surface area (Å²) in [4.78, 5) is 12.1. The van der Waals surface area contributed by atoms with Crippen molar-refractivity contribution in [2.75, 3.05) is 18.4 Å². The summed E-state index contributed by atoms with van der Waals surface area (Å²) < 4.78 is 27.8. The quantitative estimate of drug-likeness (QED) is 0.892. The van der Waals surface area contributed by atoms with Crippen molar-refractivity contribution in [1.29, 1.82) is 0 Å². The molecular formula is C18H26N2O3S. The Morgan fingerprint density at radius 2 is 1.79 bits per heavy atom. The number of nitrogens with one attached hydrogen (secondary N) is 1. The lowest BCUT2D eigenvalue weighted by Crippen LogP contribution is -2.42. The number of amides is 1. The van der Waals surface area contributed by atoms with Crippen molar-refractivity contribution in [2.45, 2.75) is 50.8 Å². The summed E-state index contributed by atoms with van der Waals surface area (Å²) in [6.45, 7) is 9.30. The highest BCUT2D eigenvalue weighted by atomic mass is 32.2. The van der Waals surface area contributed by atoms with Gasteiger partial charge in [0.2, 0.25) is 15.9 Å². The molecule has 3 rings (SSSR count). The van der Waals surface area contributed by atoms with Gasteiger partial charge in [-0.05, 0) is 42.0 Å². The summed E-state index contributed by atoms with van der Waals surface area (Å²) in [5.74, 6) is 0.718. The molecule has 1 saturated heterocycles. The van der Waals surface area contributed by atoms with Gasteiger partial charge >= 0.3 is 0 Å². The fourth-order valence-corrected chi connectivity index (χ4v) is 5.70. The number of anilines is 1. The zero-order valence-corrected chi connectivity index (χ0v) is 15.6. The molecule has 2 unspecified atom stereocenters. The zero-order chi connectivity index (χ0) is 17.7. The average molecular weight is 350 g/mol. The second-order valence-electron chi connectivity index (χ2n) is 8.08. The van der Waals surface area contributed by atoms with E-state index in [1.165, 1.54) is 0 Å². The standard InChI is InChI=1S/C18H26N2O3S/c1-12-7-13(2)11-20(10-12)24(22,23)14-5-6-16-15(8-14)18(3,4)9-17(21)19-16/h5-6,8,12-13H,7,9-11H2,1-4H3,(H,19,21). The first-order valence-electron chi connectivity index (χ1n) is 8.54. The zero-order valence-electron chi connectivity index (χ0n) is 14.8. The van der Waals surface area contributed by atoms with Gasteiger partial charge in [-0.3, -0.25) is 4.79 Å². The molecule has 1 aromatic rings. The molecule has 5 nitrogen and oxygen atoms in total. The van der Waals surface area contributed by atoms with Crippen LogP contribution in [0.4, 0.5) is 5.69 Å². The van der Waals surface area contributed by atoms with Gasteiger partial charge in [0.1, 0.15) is 0 Å². The molecule has 2 atom stereocenters. The van der Waals surface area contributed by atoms with Crippen molar-refractivity contribution in [2.24, 2.45) is 11.8 Å². The lowest BCUT2D eigenvalue weighted by Gasteiger charge is -2.35. The van der Waals surface area contributed by atoms with Gasteiger partial charge in [-0.1, -0.05) is 27.7 Å². The Hall–Kier alpha value is -1.40. The lowest BCUT2D eigenvalue weighted by molar-refractivity contribution is -0.117. The minimum atomic E-state index is -3.50. The van der Waals surface area contributed by atoms with Gasteiger partial charge in [-0.2, -0.15) is 4.31 Å². The van der Waals surface area contributed by atoms with Crippen LogP contribution < -0.4 is 5.32 Å². The molecule has 1 aromatic carbocycles. The molecule has 0 bridgehead atoms. The molecule has 1 amide bonds. The summed E-state index contributed by atoms with van der Waals surface area (Å²) in [7, 11) is -3.50. The molecule has 1 N–H and O–H groups in total. The van der Waals surface area contributed by atoms with Crippen molar-refractivity contribution in [3.8, 4) is 0 Å². The number of rotatable bonds is 2. The van der Waals surface area contributed by atoms with Gasteiger partial charge in [-0.15, -0.1) is 0 Å². The Morgan fingerprint density at radius 3 is 2.42 bits per heavy atom. The van der Waals surface area contributed by atoms with Crippen LogP contribution >= 0.6 is 0 Å². The van der Waals surface area contributed by atoms with Crippen LogP contribution in [0.1, 0.15) is 46.1 Å². The van der Waals surface area contributed by atoms with E-state index >= 15 is 0 Å². The van der Waals surface area contributed by atoms with E-state index in [9.17, 15) is 13.2 Å². The highest BCUT2D eigenvalue weighted by molar-refractivity contribution is 7.89. The summed E-state index contributed by atoms with van der Waals surface area (Å²) in [6.07, 6.45) is 1.43. The number of nitrogens with zero attached hydrogens (tertiary/aromatic N) is 1. The number of carbonyl (C=O) groups excluding carboxylic acids is 1. The molecule has 0 aliphatic carbocycles. The number of sulfonamides is 1. The van der Waals surface area contributed by atoms with Crippen molar-refractivity contribution in [3.05, 3.63) is 23.8 Å². The van der Waals surface area contributed by atoms with Crippen LogP contribution in [-0.4, -0.2) is 31.7 Å². The van der Waals surface area contributed by atoms with E-state index in [0.29, 0.717) is 36.2 Å². The van der Waals surface area contributed by atoms with Crippen LogP contribution in [0.5, 0.6) is 0 Å². The maximum atomic E-state index is 13.1. The van der Waals surface area contributed by atoms with Crippen LogP contribution in [0.25, 0.3) is 0 Å². The van der Waals surface area contributed by atoms with Gasteiger partial charge in [0, 0.05) is 30.6 Å². The van der Waals surface area contributed by atoms with E-state index < -0.39 is 10.0 Å². The monoisotopic (exact) mass is 350 g/mol. The third kappa shape index (κ3) is 3.09. The first kappa shape index (κ1) is 17.4. The summed E-state index contributed by atoms with van der Waals surface area (Å²) in [5.41, 5.74) is 1.24. The molecule has 1 fully saturated rings. The molecule has 24 heavy (non-hydrogen) atoms. The Morgan fingerprint density at radius 1 is 1.17 bits per heavy atom. The molecule has 2 heterocycles. The lowest BCUT2D eigenvalue weighted by atomic mass is 9.78. The molecule has 2 aliphatic heterocycles. The molecule has 2 aliphatic rings. The van der Waals surface area contributed by atoms with Crippen molar-refractivity contribution in [1.82, 2.24) is 4.31 Å². The third-order valence-electron chi connectivity index (χ3n) is 5.07. The minimum Gasteiger partial charge on any atom is -0.326 e. The molecule has 0 aromatic heterocycles. The van der Waals surface area contributed by atoms with Crippen LogP contribution in [0.2, 0.25) is 0 Å². The van der Waals surface area contributed by atoms with E-state index in [4.69, 9.17) is 0 Å². The second kappa shape index (κ2) is 5.85. The largest absolute Gasteiger partial charge is 0.326 e. The van der Waals surface area contributed by atoms with Crippen molar-refractivity contribution >= 4 is 21.6 Å². The number of hydrogen-bond donors (Lipinski definition) is 1. The van der Waals surface area contributed by atoms with Gasteiger partial charge in [0.25, 0.3) is 0 Å². The third-order valence-corrected chi connectivity index (χ3v) is 6.90. The summed E-state index contributed by atoms with van der Waals surface area (Å²) >= 11 is 0. The van der Waals surface area contributed by atoms with E-state index in [-0.39, 0.29) is 11.3 Å². The van der Waals surface area contributed by atoms with E-state index in [1.807, 2.05) is 13.8 Å². The Bertz CT molecular complexity index is 760. The number of fused-ring (bicyclic) bond motifs is 1. The first-order chi connectivity index (χ1) is 11.1. The van der Waals surface area contributed by atoms with Gasteiger partial charge in [-0.25, -0.2) is 8.42 Å². The van der Waals surface area contributed by atoms with Crippen molar-refractivity contribution < 1.29 is 13.2 Å². The predicted octanol–water partition coefficient (Wildman–Crippen LogP) is 2.97. The molecule has 132 valence electrons. The van der Waals surface area contributed by atoms with E-state index in [0.717, 1.165) is 17.7 Å². The van der Waals surface area contributed by atoms with Crippen LogP contribution in [0.3, 0.4) is 0 Å². The topological polar surface area (TPSA) is 66.5 Å². The van der Waals surface area contributed by atoms with Crippen LogP contribution in [0.15, 0.2) is 23.1 Å². The van der Waals surface area contributed by atoms with Crippen molar-refractivity contribution in [3.63, 3.8) is 0 Å². The molecule has 0 spiro atoms. The summed E-state index contributed by atoms with van der Waals surface area (Å²) in [6, 6.07) is 5.08. The van der Waals surface area contributed by atoms with Crippen LogP contribution in [-0.2, 0) is 20.2 Å². The van der Waals surface area contributed by atoms with Gasteiger partial charge in [0.05, 0.1) is 4.90 Å². The van der Waals surface area contributed by atoms with Crippen LogP contribution in [0, 0.1) is 11.8 Å². The minimum absolute atomic E-state index is 0.0261. The summed E-state index contributed by atoms with van der Waals surface area (Å²) in [5, 5.41) is 2.84. The van der Waals surface area contributed by atoms with E-state index in [2.05, 4.69) is 19.2 Å². The Labute approximate surface area is 144 Å². The Kier molecular flexibility index (Phi) is 4.24. The van der Waals surface area contributed by atoms with E-state index in [1.54, 1.807) is 22.5 Å². The molecular weight excluding hydrogens is 324 g/mol. The predicted molar refractivity (Wildman–Crippen MR) is 94.4 cm³/mol. The second-order valence-corrected chi connectivity index (χ2v) is 10.0. The fraction of sp³-hybridized carbons (Fsp3) is 0.611. The average Bonchev–Trinajstić information content (AvgIpc) is 2.44. The highest BCUT2D eigenvalue weighted by Crippen LogP contribution is 2.39.